The molecule has 1 N–H and O–H groups in total. The van der Waals surface area contributed by atoms with Crippen molar-refractivity contribution in [1.82, 2.24) is 0 Å². The summed E-state index contributed by atoms with van der Waals surface area (Å²) in [4.78, 5) is 12.8. The van der Waals surface area contributed by atoms with Crippen LogP contribution in [0.2, 0.25) is 0 Å². The molecule has 0 saturated heterocycles. The van der Waals surface area contributed by atoms with E-state index in [4.69, 9.17) is 0 Å². The predicted octanol–water partition coefficient (Wildman–Crippen LogP) is 4.93. The molecule has 3 rings (SSSR count). The average molecular weight is 434 g/mol. The van der Waals surface area contributed by atoms with Crippen molar-refractivity contribution in [2.24, 2.45) is 11.3 Å². The zero-order valence-corrected chi connectivity index (χ0v) is 16.1. The SMILES string of the molecule is C=CC[C@@]12C(=CC(=O)/C(=C/c3ccccc3I)[C@@H]1C)CCC[C@@H]2O. The summed E-state index contributed by atoms with van der Waals surface area (Å²) in [5, 5.41) is 10.9. The monoisotopic (exact) mass is 434 g/mol. The first-order valence-electron chi connectivity index (χ1n) is 8.51. The number of benzene rings is 1. The zero-order chi connectivity index (χ0) is 17.3. The Morgan fingerprint density at radius 1 is 1.42 bits per heavy atom. The highest BCUT2D eigenvalue weighted by molar-refractivity contribution is 14.1. The standard InChI is InChI=1S/C21H23IO2/c1-3-11-21-14(2)17(12-15-7-4-5-9-18(15)22)19(23)13-16(21)8-6-10-20(21)24/h3-5,7,9,12-14,20,24H,1,6,8,10-11H2,2H3/b17-12+/t14-,20-,21-/m0/s1. The molecule has 126 valence electrons. The lowest BCUT2D eigenvalue weighted by molar-refractivity contribution is -0.113. The van der Waals surface area contributed by atoms with Crippen molar-refractivity contribution in [3.63, 3.8) is 0 Å². The molecule has 0 heterocycles. The Hall–Kier alpha value is -1.20. The Labute approximate surface area is 157 Å². The van der Waals surface area contributed by atoms with Gasteiger partial charge in [0.1, 0.15) is 0 Å². The first-order valence-corrected chi connectivity index (χ1v) is 9.59. The van der Waals surface area contributed by atoms with E-state index in [1.54, 1.807) is 6.08 Å². The fraction of sp³-hybridized carbons (Fsp3) is 0.381. The maximum atomic E-state index is 12.8. The number of carbonyl (C=O) groups excluding carboxylic acids is 1. The molecule has 2 aliphatic rings. The van der Waals surface area contributed by atoms with Gasteiger partial charge in [0.15, 0.2) is 5.78 Å². The second-order valence-electron chi connectivity index (χ2n) is 6.82. The number of ketones is 1. The van der Waals surface area contributed by atoms with Crippen LogP contribution >= 0.6 is 22.6 Å². The molecule has 0 bridgehead atoms. The van der Waals surface area contributed by atoms with Crippen molar-refractivity contribution in [1.29, 1.82) is 0 Å². The molecule has 0 spiro atoms. The van der Waals surface area contributed by atoms with Crippen molar-refractivity contribution in [2.45, 2.75) is 38.7 Å². The zero-order valence-electron chi connectivity index (χ0n) is 14.0. The number of fused-ring (bicyclic) bond motifs is 1. The van der Waals surface area contributed by atoms with Crippen molar-refractivity contribution in [2.75, 3.05) is 0 Å². The van der Waals surface area contributed by atoms with Crippen LogP contribution in [-0.4, -0.2) is 17.0 Å². The molecule has 0 unspecified atom stereocenters. The first-order chi connectivity index (χ1) is 11.5. The maximum Gasteiger partial charge on any atom is 0.182 e. The lowest BCUT2D eigenvalue weighted by Gasteiger charge is -2.50. The van der Waals surface area contributed by atoms with E-state index in [1.807, 2.05) is 36.4 Å². The molecule has 0 radical (unpaired) electrons. The van der Waals surface area contributed by atoms with Gasteiger partial charge in [0.05, 0.1) is 6.10 Å². The van der Waals surface area contributed by atoms with Crippen LogP contribution in [-0.2, 0) is 4.79 Å². The van der Waals surface area contributed by atoms with Gasteiger partial charge in [-0.05, 0) is 78.0 Å². The van der Waals surface area contributed by atoms with E-state index >= 15 is 0 Å². The van der Waals surface area contributed by atoms with Gasteiger partial charge in [-0.2, -0.15) is 0 Å². The van der Waals surface area contributed by atoms with Crippen molar-refractivity contribution in [3.05, 3.63) is 63.3 Å². The highest BCUT2D eigenvalue weighted by Gasteiger charge is 2.50. The minimum atomic E-state index is -0.420. The molecule has 0 aliphatic heterocycles. The van der Waals surface area contributed by atoms with Crippen LogP contribution in [0, 0.1) is 14.9 Å². The molecule has 1 saturated carbocycles. The van der Waals surface area contributed by atoms with Gasteiger partial charge >= 0.3 is 0 Å². The molecule has 0 aromatic heterocycles. The molecule has 0 amide bonds. The van der Waals surface area contributed by atoms with Crippen LogP contribution < -0.4 is 0 Å². The number of aliphatic hydroxyl groups is 1. The van der Waals surface area contributed by atoms with Gasteiger partial charge in [-0.3, -0.25) is 4.79 Å². The van der Waals surface area contributed by atoms with Crippen LogP contribution in [0.1, 0.15) is 38.2 Å². The minimum absolute atomic E-state index is 0.0192. The van der Waals surface area contributed by atoms with E-state index in [2.05, 4.69) is 36.1 Å². The van der Waals surface area contributed by atoms with Crippen molar-refractivity contribution < 1.29 is 9.90 Å². The van der Waals surface area contributed by atoms with Gasteiger partial charge in [-0.1, -0.05) is 36.8 Å². The van der Waals surface area contributed by atoms with E-state index in [9.17, 15) is 9.90 Å². The van der Waals surface area contributed by atoms with Crippen LogP contribution in [0.25, 0.3) is 6.08 Å². The summed E-state index contributed by atoms with van der Waals surface area (Å²) >= 11 is 2.30. The normalized spacial score (nSPS) is 31.5. The number of hydrogen-bond donors (Lipinski definition) is 1. The topological polar surface area (TPSA) is 37.3 Å². The summed E-state index contributed by atoms with van der Waals surface area (Å²) in [5.41, 5.74) is 2.59. The average Bonchev–Trinajstić information content (AvgIpc) is 2.55. The second kappa shape index (κ2) is 6.96. The summed E-state index contributed by atoms with van der Waals surface area (Å²) in [6, 6.07) is 8.06. The molecule has 2 aliphatic carbocycles. The minimum Gasteiger partial charge on any atom is -0.392 e. The summed E-state index contributed by atoms with van der Waals surface area (Å²) < 4.78 is 1.12. The van der Waals surface area contributed by atoms with Crippen LogP contribution in [0.5, 0.6) is 0 Å². The second-order valence-corrected chi connectivity index (χ2v) is 7.98. The fourth-order valence-electron chi connectivity index (χ4n) is 4.33. The molecule has 2 nitrogen and oxygen atoms in total. The van der Waals surface area contributed by atoms with Gasteiger partial charge in [-0.25, -0.2) is 0 Å². The third-order valence-corrected chi connectivity index (χ3v) is 6.63. The Morgan fingerprint density at radius 2 is 2.17 bits per heavy atom. The molecule has 1 fully saturated rings. The molecule has 24 heavy (non-hydrogen) atoms. The van der Waals surface area contributed by atoms with Gasteiger partial charge in [0, 0.05) is 14.6 Å². The van der Waals surface area contributed by atoms with Crippen LogP contribution in [0.15, 0.2) is 54.1 Å². The highest BCUT2D eigenvalue weighted by Crippen LogP contribution is 2.54. The fourth-order valence-corrected chi connectivity index (χ4v) is 4.88. The molecule has 3 heteroatoms. The number of rotatable bonds is 3. The van der Waals surface area contributed by atoms with E-state index in [0.717, 1.165) is 39.5 Å². The number of hydrogen-bond acceptors (Lipinski definition) is 2. The largest absolute Gasteiger partial charge is 0.392 e. The number of aliphatic hydroxyl groups excluding tert-OH is 1. The van der Waals surface area contributed by atoms with Crippen molar-refractivity contribution in [3.8, 4) is 0 Å². The smallest absolute Gasteiger partial charge is 0.182 e. The first kappa shape index (κ1) is 17.6. The summed E-state index contributed by atoms with van der Waals surface area (Å²) in [6.45, 7) is 6.00. The van der Waals surface area contributed by atoms with Crippen LogP contribution in [0.4, 0.5) is 0 Å². The molecular weight excluding hydrogens is 411 g/mol. The van der Waals surface area contributed by atoms with E-state index in [-0.39, 0.29) is 17.1 Å². The summed E-state index contributed by atoms with van der Waals surface area (Å²) in [7, 11) is 0. The predicted molar refractivity (Wildman–Crippen MR) is 106 cm³/mol. The Kier molecular flexibility index (Phi) is 5.11. The van der Waals surface area contributed by atoms with E-state index < -0.39 is 6.10 Å². The lowest BCUT2D eigenvalue weighted by Crippen LogP contribution is -2.48. The number of halogens is 1. The molecule has 3 atom stereocenters. The highest BCUT2D eigenvalue weighted by atomic mass is 127. The number of allylic oxidation sites excluding steroid dienone is 3. The third kappa shape index (κ3) is 2.82. The molecule has 1 aromatic rings. The van der Waals surface area contributed by atoms with Gasteiger partial charge in [0.25, 0.3) is 0 Å². The van der Waals surface area contributed by atoms with Crippen LogP contribution in [0.3, 0.4) is 0 Å². The number of carbonyl (C=O) groups is 1. The van der Waals surface area contributed by atoms with Gasteiger partial charge < -0.3 is 5.11 Å². The van der Waals surface area contributed by atoms with E-state index in [1.165, 1.54) is 0 Å². The lowest BCUT2D eigenvalue weighted by atomic mass is 9.55. The molecular formula is C21H23IO2. The van der Waals surface area contributed by atoms with Gasteiger partial charge in [-0.15, -0.1) is 6.58 Å². The van der Waals surface area contributed by atoms with Gasteiger partial charge in [0.2, 0.25) is 0 Å². The van der Waals surface area contributed by atoms with Crippen molar-refractivity contribution >= 4 is 34.5 Å². The Morgan fingerprint density at radius 3 is 2.88 bits per heavy atom. The van der Waals surface area contributed by atoms with E-state index in [0.29, 0.717) is 6.42 Å². The Bertz CT molecular complexity index is 731. The summed E-state index contributed by atoms with van der Waals surface area (Å²) in [6.07, 6.45) is 8.60. The summed E-state index contributed by atoms with van der Waals surface area (Å²) in [5.74, 6) is 0.0697. The maximum absolute atomic E-state index is 12.8. The Balaban J connectivity index is 2.13. The molecule has 1 aromatic carbocycles. The third-order valence-electron chi connectivity index (χ3n) is 5.64. The quantitative estimate of drug-likeness (QED) is 0.416.